The Labute approximate surface area is 219 Å². The van der Waals surface area contributed by atoms with Gasteiger partial charge in [0.2, 0.25) is 12.3 Å². The van der Waals surface area contributed by atoms with Gasteiger partial charge >= 0.3 is 0 Å². The summed E-state index contributed by atoms with van der Waals surface area (Å²) >= 11 is 0. The van der Waals surface area contributed by atoms with Crippen LogP contribution in [0.1, 0.15) is 68.2 Å². The Kier molecular flexibility index (Phi) is 7.54. The van der Waals surface area contributed by atoms with Crippen molar-refractivity contribution < 1.29 is 19.8 Å². The first-order valence-corrected chi connectivity index (χ1v) is 13.6. The van der Waals surface area contributed by atoms with E-state index in [9.17, 15) is 19.8 Å². The van der Waals surface area contributed by atoms with E-state index in [0.29, 0.717) is 24.9 Å². The summed E-state index contributed by atoms with van der Waals surface area (Å²) in [5.74, 6) is 2.53. The summed E-state index contributed by atoms with van der Waals surface area (Å²) in [7, 11) is 0. The van der Waals surface area contributed by atoms with Crippen LogP contribution in [0.5, 0.6) is 5.75 Å². The average Bonchev–Trinajstić information content (AvgIpc) is 2.83. The molecule has 7 nitrogen and oxygen atoms in total. The monoisotopic (exact) mass is 505 g/mol. The van der Waals surface area contributed by atoms with E-state index in [1.807, 2.05) is 12.1 Å². The summed E-state index contributed by atoms with van der Waals surface area (Å²) in [4.78, 5) is 23.7. The number of carbonyl (C=O) groups is 2. The molecule has 4 saturated carbocycles. The number of amides is 2. The lowest BCUT2D eigenvalue weighted by Crippen LogP contribution is -2.60. The fourth-order valence-corrected chi connectivity index (χ4v) is 7.45. The van der Waals surface area contributed by atoms with E-state index >= 15 is 0 Å². The van der Waals surface area contributed by atoms with Crippen LogP contribution in [-0.2, 0) is 22.4 Å². The number of hydrogen-bond acceptors (Lipinski definition) is 5. The van der Waals surface area contributed by atoms with Gasteiger partial charge in [-0.1, -0.05) is 30.3 Å². The zero-order valence-electron chi connectivity index (χ0n) is 21.6. The molecule has 2 aromatic rings. The van der Waals surface area contributed by atoms with Gasteiger partial charge in [0.25, 0.3) is 0 Å². The van der Waals surface area contributed by atoms with Crippen molar-refractivity contribution in [2.24, 2.45) is 17.8 Å². The summed E-state index contributed by atoms with van der Waals surface area (Å²) in [6.45, 7) is 2.40. The third-order valence-corrected chi connectivity index (χ3v) is 8.62. The molecule has 0 unspecified atom stereocenters. The van der Waals surface area contributed by atoms with E-state index < -0.39 is 6.10 Å². The van der Waals surface area contributed by atoms with Crippen LogP contribution in [0.2, 0.25) is 0 Å². The molecule has 5 N–H and O–H groups in total. The third kappa shape index (κ3) is 6.16. The van der Waals surface area contributed by atoms with Gasteiger partial charge in [-0.3, -0.25) is 9.59 Å². The van der Waals surface area contributed by atoms with Gasteiger partial charge in [-0.15, -0.1) is 0 Å². The van der Waals surface area contributed by atoms with E-state index in [1.165, 1.54) is 44.6 Å². The molecule has 0 aliphatic heterocycles. The molecule has 0 radical (unpaired) electrons. The van der Waals surface area contributed by atoms with Crippen LogP contribution in [0, 0.1) is 17.8 Å². The molecule has 4 aliphatic rings. The van der Waals surface area contributed by atoms with E-state index in [1.54, 1.807) is 12.1 Å². The van der Waals surface area contributed by atoms with Gasteiger partial charge in [-0.2, -0.15) is 0 Å². The number of carbonyl (C=O) groups excluding carboxylic acids is 2. The smallest absolute Gasteiger partial charge is 0.224 e. The molecule has 2 amide bonds. The van der Waals surface area contributed by atoms with Crippen molar-refractivity contribution in [2.75, 3.05) is 11.9 Å². The highest BCUT2D eigenvalue weighted by molar-refractivity contribution is 5.79. The first-order valence-electron chi connectivity index (χ1n) is 13.6. The zero-order valence-corrected chi connectivity index (χ0v) is 21.6. The predicted molar refractivity (Wildman–Crippen MR) is 143 cm³/mol. The second-order valence-electron chi connectivity index (χ2n) is 11.8. The van der Waals surface area contributed by atoms with E-state index in [2.05, 4.69) is 35.0 Å². The van der Waals surface area contributed by atoms with Crippen molar-refractivity contribution in [1.82, 2.24) is 10.6 Å². The summed E-state index contributed by atoms with van der Waals surface area (Å²) < 4.78 is 0. The molecule has 0 aromatic heterocycles. The lowest BCUT2D eigenvalue weighted by Gasteiger charge is -2.56. The standard InChI is InChI=1S/C30H39N3O4/c1-19(31-17-28(36)25-5-6-27(35)26(13-25)32-18-34)7-20-3-2-4-21(8-20)12-29(37)33-30-14-22-9-23(15-30)11-24(10-22)16-30/h2-6,8,13,18-19,22-24,28,31,35-36H,7,9-12,14-17H2,1H3,(H,32,34)(H,33,37)/t19-,22?,23?,24?,28+,30?/m1/s1. The number of nitrogens with one attached hydrogen (secondary N) is 3. The minimum atomic E-state index is -0.783. The number of anilines is 1. The van der Waals surface area contributed by atoms with Gasteiger partial charge in [-0.05, 0) is 98.4 Å². The number of hydrogen-bond donors (Lipinski definition) is 5. The number of rotatable bonds is 11. The lowest BCUT2D eigenvalue weighted by molar-refractivity contribution is -0.126. The lowest BCUT2D eigenvalue weighted by atomic mass is 9.53. The second-order valence-corrected chi connectivity index (χ2v) is 11.8. The number of aromatic hydroxyl groups is 1. The Balaban J connectivity index is 1.12. The second kappa shape index (κ2) is 10.8. The van der Waals surface area contributed by atoms with Crippen molar-refractivity contribution in [3.05, 3.63) is 59.2 Å². The largest absolute Gasteiger partial charge is 0.506 e. The molecular formula is C30H39N3O4. The maximum absolute atomic E-state index is 13.0. The molecule has 4 fully saturated rings. The first-order chi connectivity index (χ1) is 17.8. The van der Waals surface area contributed by atoms with E-state index in [-0.39, 0.29) is 28.9 Å². The Morgan fingerprint density at radius 2 is 1.73 bits per heavy atom. The molecule has 0 spiro atoms. The average molecular weight is 506 g/mol. The topological polar surface area (TPSA) is 111 Å². The maximum atomic E-state index is 13.0. The SMILES string of the molecule is C[C@H](Cc1cccc(CC(=O)NC23CC4CC(CC(C4)C2)C3)c1)NC[C@H](O)c1ccc(O)c(NC=O)c1. The molecule has 0 saturated heterocycles. The van der Waals surface area contributed by atoms with Gasteiger partial charge in [0.05, 0.1) is 18.2 Å². The quantitative estimate of drug-likeness (QED) is 0.235. The van der Waals surface area contributed by atoms with Gasteiger partial charge < -0.3 is 26.2 Å². The third-order valence-electron chi connectivity index (χ3n) is 8.62. The molecule has 7 heteroatoms. The van der Waals surface area contributed by atoms with Crippen LogP contribution in [0.15, 0.2) is 42.5 Å². The van der Waals surface area contributed by atoms with Crippen molar-refractivity contribution >= 4 is 18.0 Å². The fourth-order valence-electron chi connectivity index (χ4n) is 7.45. The number of aliphatic hydroxyl groups excluding tert-OH is 1. The molecule has 198 valence electrons. The molecule has 37 heavy (non-hydrogen) atoms. The summed E-state index contributed by atoms with van der Waals surface area (Å²) in [5.41, 5.74) is 3.10. The van der Waals surface area contributed by atoms with E-state index in [0.717, 1.165) is 35.3 Å². The Morgan fingerprint density at radius 3 is 2.41 bits per heavy atom. The van der Waals surface area contributed by atoms with Crippen LogP contribution in [0.4, 0.5) is 5.69 Å². The Hall–Kier alpha value is -2.90. The van der Waals surface area contributed by atoms with Gasteiger partial charge in [-0.25, -0.2) is 0 Å². The molecule has 2 aromatic carbocycles. The first kappa shape index (κ1) is 25.7. The summed E-state index contributed by atoms with van der Waals surface area (Å²) in [6.07, 6.45) is 8.49. The Morgan fingerprint density at radius 1 is 1.05 bits per heavy atom. The minimum Gasteiger partial charge on any atom is -0.506 e. The van der Waals surface area contributed by atoms with E-state index in [4.69, 9.17) is 0 Å². The number of benzene rings is 2. The highest BCUT2D eigenvalue weighted by Gasteiger charge is 2.51. The van der Waals surface area contributed by atoms with Crippen LogP contribution in [0.25, 0.3) is 0 Å². The number of phenolic OH excluding ortho intramolecular Hbond substituents is 1. The Bertz CT molecular complexity index is 1100. The number of aliphatic hydroxyl groups is 1. The van der Waals surface area contributed by atoms with Crippen molar-refractivity contribution in [3.63, 3.8) is 0 Å². The van der Waals surface area contributed by atoms with Gasteiger partial charge in [0.15, 0.2) is 0 Å². The van der Waals surface area contributed by atoms with Crippen LogP contribution in [-0.4, -0.2) is 40.7 Å². The molecular weight excluding hydrogens is 466 g/mol. The van der Waals surface area contributed by atoms with Crippen LogP contribution < -0.4 is 16.0 Å². The highest BCUT2D eigenvalue weighted by atomic mass is 16.3. The van der Waals surface area contributed by atoms with Crippen LogP contribution in [0.3, 0.4) is 0 Å². The molecule has 0 heterocycles. The summed E-state index contributed by atoms with van der Waals surface area (Å²) in [5, 5.41) is 29.6. The summed E-state index contributed by atoms with van der Waals surface area (Å²) in [6, 6.07) is 13.0. The minimum absolute atomic E-state index is 0.0455. The number of phenols is 1. The van der Waals surface area contributed by atoms with Crippen molar-refractivity contribution in [3.8, 4) is 5.75 Å². The predicted octanol–water partition coefficient (Wildman–Crippen LogP) is 3.84. The zero-order chi connectivity index (χ0) is 26.0. The molecule has 2 atom stereocenters. The molecule has 4 aliphatic carbocycles. The maximum Gasteiger partial charge on any atom is 0.224 e. The fraction of sp³-hybridized carbons (Fsp3) is 0.533. The molecule has 4 bridgehead atoms. The van der Waals surface area contributed by atoms with Crippen molar-refractivity contribution in [1.29, 1.82) is 0 Å². The van der Waals surface area contributed by atoms with Crippen LogP contribution >= 0.6 is 0 Å². The normalized spacial score (nSPS) is 27.5. The van der Waals surface area contributed by atoms with Crippen molar-refractivity contribution in [2.45, 2.75) is 76.0 Å². The highest BCUT2D eigenvalue weighted by Crippen LogP contribution is 2.55. The van der Waals surface area contributed by atoms with Gasteiger partial charge in [0.1, 0.15) is 5.75 Å². The molecule has 6 rings (SSSR count). The van der Waals surface area contributed by atoms with Gasteiger partial charge in [0, 0.05) is 18.1 Å².